The van der Waals surface area contributed by atoms with Crippen LogP contribution in [0.15, 0.2) is 66.7 Å². The molecule has 0 aliphatic carbocycles. The molecule has 1 N–H and O–H groups in total. The molecule has 39 heavy (non-hydrogen) atoms. The van der Waals surface area contributed by atoms with Gasteiger partial charge in [0.1, 0.15) is 18.1 Å². The Labute approximate surface area is 230 Å². The van der Waals surface area contributed by atoms with E-state index in [4.69, 9.17) is 4.74 Å². The maximum Gasteiger partial charge on any atom is 0.323 e. The quantitative estimate of drug-likeness (QED) is 0.409. The molecule has 0 spiro atoms. The lowest BCUT2D eigenvalue weighted by atomic mass is 9.99. The van der Waals surface area contributed by atoms with Crippen LogP contribution < -0.4 is 4.74 Å². The second kappa shape index (κ2) is 13.9. The van der Waals surface area contributed by atoms with E-state index >= 15 is 0 Å². The average molecular weight is 533 g/mol. The number of carboxylic acids is 1. The zero-order valence-electron chi connectivity index (χ0n) is 22.6. The van der Waals surface area contributed by atoms with Gasteiger partial charge in [-0.15, -0.1) is 0 Å². The van der Waals surface area contributed by atoms with E-state index in [-0.39, 0.29) is 6.54 Å². The van der Waals surface area contributed by atoms with Crippen molar-refractivity contribution in [2.45, 2.75) is 52.1 Å². The van der Waals surface area contributed by atoms with Gasteiger partial charge < -0.3 is 14.7 Å². The van der Waals surface area contributed by atoms with E-state index in [0.717, 1.165) is 62.2 Å². The van der Waals surface area contributed by atoms with Gasteiger partial charge in [0.2, 0.25) is 0 Å². The van der Waals surface area contributed by atoms with Crippen LogP contribution in [0.1, 0.15) is 65.2 Å². The Kier molecular flexibility index (Phi) is 10.1. The molecule has 7 heteroatoms. The maximum atomic E-state index is 13.7. The van der Waals surface area contributed by atoms with Gasteiger partial charge in [-0.05, 0) is 91.4 Å². The van der Waals surface area contributed by atoms with Gasteiger partial charge in [0, 0.05) is 25.1 Å². The SMILES string of the molecule is CCCN1CCCCCOc2ccc(C(=O)N(CC(=O)O)Cc3cccc(F)c3)cc2Cc2cccc(c2)C1. The molecule has 2 bridgehead atoms. The molecule has 0 atom stereocenters. The van der Waals surface area contributed by atoms with Crippen molar-refractivity contribution in [3.63, 3.8) is 0 Å². The minimum Gasteiger partial charge on any atom is -0.493 e. The van der Waals surface area contributed by atoms with Crippen LogP contribution >= 0.6 is 0 Å². The highest BCUT2D eigenvalue weighted by Gasteiger charge is 2.21. The number of halogens is 1. The summed E-state index contributed by atoms with van der Waals surface area (Å²) in [6.07, 6.45) is 4.85. The smallest absolute Gasteiger partial charge is 0.323 e. The first kappa shape index (κ1) is 28.3. The van der Waals surface area contributed by atoms with Crippen LogP contribution in [0.2, 0.25) is 0 Å². The van der Waals surface area contributed by atoms with Crippen LogP contribution in [0, 0.1) is 5.82 Å². The lowest BCUT2D eigenvalue weighted by Crippen LogP contribution is -2.35. The molecule has 4 rings (SSSR count). The molecule has 0 saturated heterocycles. The van der Waals surface area contributed by atoms with Crippen molar-refractivity contribution in [2.75, 3.05) is 26.2 Å². The molecule has 0 saturated carbocycles. The Morgan fingerprint density at radius 2 is 1.82 bits per heavy atom. The van der Waals surface area contributed by atoms with E-state index in [2.05, 4.69) is 36.1 Å². The van der Waals surface area contributed by atoms with E-state index in [1.54, 1.807) is 24.3 Å². The standard InChI is InChI=1S/C32H37FN2O4/c1-2-14-34-15-4-3-5-16-39-30-13-12-27(20-28(30)18-24-8-6-9-25(17-24)21-34)32(38)35(23-31(36)37)22-26-10-7-11-29(33)19-26/h6-13,17,19-20H,2-5,14-16,18,21-23H2,1H3,(H,36,37). The first-order valence-corrected chi connectivity index (χ1v) is 13.7. The molecular formula is C32H37FN2O4. The second-order valence-electron chi connectivity index (χ2n) is 10.2. The number of aliphatic carboxylic acids is 1. The summed E-state index contributed by atoms with van der Waals surface area (Å²) in [5, 5.41) is 9.46. The Bertz CT molecular complexity index is 1280. The molecule has 0 radical (unpaired) electrons. The van der Waals surface area contributed by atoms with E-state index in [9.17, 15) is 19.1 Å². The molecule has 0 fully saturated rings. The second-order valence-corrected chi connectivity index (χ2v) is 10.2. The Morgan fingerprint density at radius 1 is 1.00 bits per heavy atom. The van der Waals surface area contributed by atoms with Crippen molar-refractivity contribution in [3.05, 3.63) is 100 Å². The van der Waals surface area contributed by atoms with Gasteiger partial charge in [-0.3, -0.25) is 14.5 Å². The number of carboxylic acid groups (broad SMARTS) is 1. The Morgan fingerprint density at radius 3 is 2.62 bits per heavy atom. The normalized spacial score (nSPS) is 14.5. The van der Waals surface area contributed by atoms with Crippen molar-refractivity contribution in [1.82, 2.24) is 9.80 Å². The number of fused-ring (bicyclic) bond motifs is 3. The third-order valence-corrected chi connectivity index (χ3v) is 6.89. The predicted octanol–water partition coefficient (Wildman–Crippen LogP) is 5.92. The molecule has 0 aromatic heterocycles. The zero-order valence-corrected chi connectivity index (χ0v) is 22.6. The highest BCUT2D eigenvalue weighted by Crippen LogP contribution is 2.26. The molecule has 6 nitrogen and oxygen atoms in total. The lowest BCUT2D eigenvalue weighted by Gasteiger charge is -2.23. The number of benzene rings is 3. The van der Waals surface area contributed by atoms with Crippen molar-refractivity contribution in [3.8, 4) is 5.75 Å². The van der Waals surface area contributed by atoms with Gasteiger partial charge in [-0.2, -0.15) is 0 Å². The fourth-order valence-electron chi connectivity index (χ4n) is 5.09. The van der Waals surface area contributed by atoms with Gasteiger partial charge in [0.25, 0.3) is 5.91 Å². The number of nitrogens with zero attached hydrogens (tertiary/aromatic N) is 2. The van der Waals surface area contributed by atoms with Gasteiger partial charge in [0.15, 0.2) is 0 Å². The minimum atomic E-state index is -1.13. The number of ether oxygens (including phenoxy) is 1. The van der Waals surface area contributed by atoms with Crippen LogP contribution in [-0.4, -0.2) is 53.0 Å². The number of carbonyl (C=O) groups excluding carboxylic acids is 1. The topological polar surface area (TPSA) is 70.1 Å². The average Bonchev–Trinajstić information content (AvgIpc) is 2.90. The van der Waals surface area contributed by atoms with Crippen molar-refractivity contribution >= 4 is 11.9 Å². The summed E-state index contributed by atoms with van der Waals surface area (Å²) in [4.78, 5) is 28.8. The van der Waals surface area contributed by atoms with Crippen molar-refractivity contribution < 1.29 is 23.8 Å². The first-order chi connectivity index (χ1) is 18.9. The van der Waals surface area contributed by atoms with Crippen molar-refractivity contribution in [1.29, 1.82) is 0 Å². The fourth-order valence-corrected chi connectivity index (χ4v) is 5.09. The molecule has 206 valence electrons. The van der Waals surface area contributed by atoms with E-state index in [1.165, 1.54) is 22.6 Å². The molecule has 0 unspecified atom stereocenters. The van der Waals surface area contributed by atoms with Crippen LogP contribution in [0.5, 0.6) is 5.75 Å². The molecule has 3 aromatic rings. The summed E-state index contributed by atoms with van der Waals surface area (Å²) in [5.74, 6) is -1.25. The lowest BCUT2D eigenvalue weighted by molar-refractivity contribution is -0.137. The third-order valence-electron chi connectivity index (χ3n) is 6.89. The summed E-state index contributed by atoms with van der Waals surface area (Å²) >= 11 is 0. The number of hydrogen-bond acceptors (Lipinski definition) is 4. The monoisotopic (exact) mass is 532 g/mol. The zero-order chi connectivity index (χ0) is 27.6. The van der Waals surface area contributed by atoms with E-state index < -0.39 is 24.2 Å². The Hall–Kier alpha value is -3.71. The first-order valence-electron chi connectivity index (χ1n) is 13.7. The molecule has 1 heterocycles. The largest absolute Gasteiger partial charge is 0.493 e. The van der Waals surface area contributed by atoms with Gasteiger partial charge in [-0.25, -0.2) is 4.39 Å². The molecule has 1 aliphatic heterocycles. The summed E-state index contributed by atoms with van der Waals surface area (Å²) < 4.78 is 19.9. The van der Waals surface area contributed by atoms with Gasteiger partial charge >= 0.3 is 5.97 Å². The predicted molar refractivity (Wildman–Crippen MR) is 149 cm³/mol. The van der Waals surface area contributed by atoms with Crippen LogP contribution in [-0.2, 0) is 24.3 Å². The summed E-state index contributed by atoms with van der Waals surface area (Å²) in [6.45, 7) is 5.36. The number of carbonyl (C=O) groups is 2. The fraction of sp³-hybridized carbons (Fsp3) is 0.375. The molecule has 1 amide bonds. The van der Waals surface area contributed by atoms with Crippen LogP contribution in [0.3, 0.4) is 0 Å². The van der Waals surface area contributed by atoms with Crippen LogP contribution in [0.4, 0.5) is 4.39 Å². The van der Waals surface area contributed by atoms with Crippen LogP contribution in [0.25, 0.3) is 0 Å². The Balaban J connectivity index is 1.62. The summed E-state index contributed by atoms with van der Waals surface area (Å²) in [5.41, 5.74) is 4.16. The van der Waals surface area contributed by atoms with Gasteiger partial charge in [-0.1, -0.05) is 43.3 Å². The molecule has 1 aliphatic rings. The summed E-state index contributed by atoms with van der Waals surface area (Å²) in [7, 11) is 0. The van der Waals surface area contributed by atoms with E-state index in [1.807, 2.05) is 6.07 Å². The molecular weight excluding hydrogens is 495 g/mol. The van der Waals surface area contributed by atoms with E-state index in [0.29, 0.717) is 24.2 Å². The number of rotatable bonds is 7. The maximum absolute atomic E-state index is 13.7. The van der Waals surface area contributed by atoms with Gasteiger partial charge in [0.05, 0.1) is 6.61 Å². The highest BCUT2D eigenvalue weighted by molar-refractivity contribution is 5.96. The van der Waals surface area contributed by atoms with Crippen molar-refractivity contribution in [2.24, 2.45) is 0 Å². The third kappa shape index (κ3) is 8.39. The minimum absolute atomic E-state index is 0.00716. The summed E-state index contributed by atoms with van der Waals surface area (Å²) in [6, 6.07) is 19.7. The number of hydrogen-bond donors (Lipinski definition) is 1. The number of amides is 1. The molecule has 3 aromatic carbocycles. The highest BCUT2D eigenvalue weighted by atomic mass is 19.1.